The number of thiophene rings is 1. The molecule has 3 aromatic heterocycles. The van der Waals surface area contributed by atoms with Crippen LogP contribution in [0.2, 0.25) is 0 Å². The molecule has 0 radical (unpaired) electrons. The minimum absolute atomic E-state index is 0.0865. The first-order valence-electron chi connectivity index (χ1n) is 10.8. The van der Waals surface area contributed by atoms with Crippen molar-refractivity contribution in [2.75, 3.05) is 0 Å². The minimum Gasteiger partial charge on any atom is -0.309 e. The molecule has 166 valence electrons. The van der Waals surface area contributed by atoms with Crippen molar-refractivity contribution in [3.05, 3.63) is 105 Å². The molecule has 3 heterocycles. The van der Waals surface area contributed by atoms with Gasteiger partial charge in [-0.3, -0.25) is 4.79 Å². The van der Waals surface area contributed by atoms with Crippen LogP contribution in [0.1, 0.15) is 34.3 Å². The Balaban J connectivity index is 1.43. The van der Waals surface area contributed by atoms with Gasteiger partial charge < -0.3 is 9.55 Å². The van der Waals surface area contributed by atoms with Gasteiger partial charge in [-0.15, -0.1) is 21.5 Å². The number of para-hydroxylation sites is 1. The zero-order valence-corrected chi connectivity index (χ0v) is 19.8. The van der Waals surface area contributed by atoms with E-state index in [2.05, 4.69) is 61.5 Å². The smallest absolute Gasteiger partial charge is 0.258 e. The predicted molar refractivity (Wildman–Crippen MR) is 134 cm³/mol. The minimum atomic E-state index is -0.119. The first-order valence-corrected chi connectivity index (χ1v) is 12.6. The average molecular weight is 474 g/mol. The Labute approximate surface area is 199 Å². The first kappa shape index (κ1) is 21.6. The van der Waals surface area contributed by atoms with Crippen molar-refractivity contribution in [3.8, 4) is 0 Å². The van der Waals surface area contributed by atoms with Crippen LogP contribution in [-0.2, 0) is 19.4 Å². The largest absolute Gasteiger partial charge is 0.309 e. The van der Waals surface area contributed by atoms with Crippen molar-refractivity contribution < 1.29 is 0 Å². The molecular formula is C25H23N5OS2. The molecule has 0 spiro atoms. The Morgan fingerprint density at radius 2 is 1.85 bits per heavy atom. The molecule has 2 aromatic carbocycles. The van der Waals surface area contributed by atoms with E-state index in [1.165, 1.54) is 10.4 Å². The second kappa shape index (κ2) is 9.72. The van der Waals surface area contributed by atoms with E-state index in [-0.39, 0.29) is 10.8 Å². The van der Waals surface area contributed by atoms with Gasteiger partial charge in [-0.25, -0.2) is 4.98 Å². The summed E-state index contributed by atoms with van der Waals surface area (Å²) in [5.41, 5.74) is 1.86. The van der Waals surface area contributed by atoms with Gasteiger partial charge in [-0.2, -0.15) is 0 Å². The molecule has 5 aromatic rings. The van der Waals surface area contributed by atoms with Crippen LogP contribution in [0.5, 0.6) is 0 Å². The van der Waals surface area contributed by atoms with E-state index in [9.17, 15) is 4.79 Å². The monoisotopic (exact) mass is 473 g/mol. The molecule has 6 nitrogen and oxygen atoms in total. The number of nitrogens with zero attached hydrogens (tertiary/aromatic N) is 4. The molecule has 0 fully saturated rings. The van der Waals surface area contributed by atoms with Gasteiger partial charge in [0.25, 0.3) is 5.56 Å². The van der Waals surface area contributed by atoms with Gasteiger partial charge in [0, 0.05) is 17.8 Å². The Bertz CT molecular complexity index is 1410. The van der Waals surface area contributed by atoms with Gasteiger partial charge in [0.15, 0.2) is 5.16 Å². The normalized spacial score (nSPS) is 12.3. The zero-order chi connectivity index (χ0) is 22.6. The molecule has 0 saturated carbocycles. The summed E-state index contributed by atoms with van der Waals surface area (Å²) in [5.74, 6) is 1.59. The highest BCUT2D eigenvalue weighted by Crippen LogP contribution is 2.33. The van der Waals surface area contributed by atoms with Crippen LogP contribution in [0.3, 0.4) is 0 Å². The lowest BCUT2D eigenvalue weighted by Gasteiger charge is -2.13. The summed E-state index contributed by atoms with van der Waals surface area (Å²) in [4.78, 5) is 21.4. The highest BCUT2D eigenvalue weighted by atomic mass is 32.2. The standard InChI is InChI=1S/C25H23N5OS2/c1-17(23-26-21-12-6-5-11-20(21)24(31)27-23)33-25-29-28-22(16-19-10-7-15-32-19)30(25)14-13-18-8-3-2-4-9-18/h2-12,15,17H,13-14,16H2,1H3,(H,26,27,31). The maximum absolute atomic E-state index is 12.5. The van der Waals surface area contributed by atoms with Gasteiger partial charge in [0.05, 0.1) is 16.2 Å². The van der Waals surface area contributed by atoms with E-state index < -0.39 is 0 Å². The topological polar surface area (TPSA) is 76.5 Å². The molecule has 33 heavy (non-hydrogen) atoms. The number of hydrogen-bond acceptors (Lipinski definition) is 6. The van der Waals surface area contributed by atoms with Crippen molar-refractivity contribution >= 4 is 34.0 Å². The number of nitrogens with one attached hydrogen (secondary N) is 1. The third-order valence-electron chi connectivity index (χ3n) is 5.47. The number of aromatic amines is 1. The molecule has 1 unspecified atom stereocenters. The molecule has 0 aliphatic carbocycles. The number of fused-ring (bicyclic) bond motifs is 1. The molecule has 1 atom stereocenters. The Morgan fingerprint density at radius 3 is 2.67 bits per heavy atom. The van der Waals surface area contributed by atoms with Crippen LogP contribution in [0.25, 0.3) is 10.9 Å². The van der Waals surface area contributed by atoms with Crippen LogP contribution in [0.15, 0.2) is 82.1 Å². The van der Waals surface area contributed by atoms with E-state index in [1.807, 2.05) is 31.2 Å². The third-order valence-corrected chi connectivity index (χ3v) is 7.44. The summed E-state index contributed by atoms with van der Waals surface area (Å²) >= 11 is 3.30. The maximum Gasteiger partial charge on any atom is 0.258 e. The summed E-state index contributed by atoms with van der Waals surface area (Å²) in [6, 6.07) is 22.0. The van der Waals surface area contributed by atoms with Gasteiger partial charge >= 0.3 is 0 Å². The lowest BCUT2D eigenvalue weighted by molar-refractivity contribution is 0.609. The number of aromatic nitrogens is 5. The van der Waals surface area contributed by atoms with E-state index in [4.69, 9.17) is 4.98 Å². The van der Waals surface area contributed by atoms with Crippen molar-refractivity contribution in [1.82, 2.24) is 24.7 Å². The molecule has 1 N–H and O–H groups in total. The van der Waals surface area contributed by atoms with Crippen molar-refractivity contribution in [1.29, 1.82) is 0 Å². The summed E-state index contributed by atoms with van der Waals surface area (Å²) in [7, 11) is 0. The van der Waals surface area contributed by atoms with Crippen LogP contribution >= 0.6 is 23.1 Å². The Hall–Kier alpha value is -3.23. The summed E-state index contributed by atoms with van der Waals surface area (Å²) in [5, 5.41) is 12.5. The molecule has 0 bridgehead atoms. The lowest BCUT2D eigenvalue weighted by Crippen LogP contribution is -2.13. The van der Waals surface area contributed by atoms with Gasteiger partial charge in [-0.05, 0) is 42.5 Å². The molecule has 0 aliphatic heterocycles. The van der Waals surface area contributed by atoms with Crippen molar-refractivity contribution in [2.24, 2.45) is 0 Å². The van der Waals surface area contributed by atoms with E-state index in [0.29, 0.717) is 16.7 Å². The van der Waals surface area contributed by atoms with Gasteiger partial charge in [0.1, 0.15) is 11.6 Å². The SMILES string of the molecule is CC(Sc1nnc(Cc2cccs2)n1CCc1ccccc1)c1nc2ccccc2c(=O)[nH]1. The third kappa shape index (κ3) is 4.91. The summed E-state index contributed by atoms with van der Waals surface area (Å²) in [6.07, 6.45) is 1.64. The number of hydrogen-bond donors (Lipinski definition) is 1. The van der Waals surface area contributed by atoms with Crippen molar-refractivity contribution in [3.63, 3.8) is 0 Å². The van der Waals surface area contributed by atoms with Crippen LogP contribution in [0, 0.1) is 0 Å². The summed E-state index contributed by atoms with van der Waals surface area (Å²) in [6.45, 7) is 2.82. The molecule has 0 aliphatic rings. The van der Waals surface area contributed by atoms with E-state index in [1.54, 1.807) is 29.2 Å². The number of aryl methyl sites for hydroxylation is 1. The quantitative estimate of drug-likeness (QED) is 0.311. The zero-order valence-electron chi connectivity index (χ0n) is 18.1. The van der Waals surface area contributed by atoms with Crippen molar-refractivity contribution in [2.45, 2.75) is 36.7 Å². The predicted octanol–water partition coefficient (Wildman–Crippen LogP) is 5.26. The van der Waals surface area contributed by atoms with Gasteiger partial charge in [0.2, 0.25) is 0 Å². The Kier molecular flexibility index (Phi) is 6.37. The van der Waals surface area contributed by atoms with Crippen LogP contribution in [-0.4, -0.2) is 24.7 Å². The molecular weight excluding hydrogens is 450 g/mol. The fraction of sp³-hybridized carbons (Fsp3) is 0.200. The molecule has 0 saturated heterocycles. The fourth-order valence-electron chi connectivity index (χ4n) is 3.73. The number of thioether (sulfide) groups is 1. The molecule has 5 rings (SSSR count). The van der Waals surface area contributed by atoms with E-state index >= 15 is 0 Å². The highest BCUT2D eigenvalue weighted by molar-refractivity contribution is 7.99. The van der Waals surface area contributed by atoms with Crippen LogP contribution in [0.4, 0.5) is 0 Å². The number of benzene rings is 2. The molecule has 0 amide bonds. The van der Waals surface area contributed by atoms with Gasteiger partial charge in [-0.1, -0.05) is 60.3 Å². The van der Waals surface area contributed by atoms with Crippen LogP contribution < -0.4 is 5.56 Å². The lowest BCUT2D eigenvalue weighted by atomic mass is 10.1. The Morgan fingerprint density at radius 1 is 1.03 bits per heavy atom. The average Bonchev–Trinajstić information content (AvgIpc) is 3.49. The second-order valence-corrected chi connectivity index (χ2v) is 10.1. The second-order valence-electron chi connectivity index (χ2n) is 7.77. The maximum atomic E-state index is 12.5. The first-order chi connectivity index (χ1) is 16.2. The molecule has 8 heteroatoms. The highest BCUT2D eigenvalue weighted by Gasteiger charge is 2.19. The number of H-pyrrole nitrogens is 1. The fourth-order valence-corrected chi connectivity index (χ4v) is 5.38. The summed E-state index contributed by atoms with van der Waals surface area (Å²) < 4.78 is 2.20. The number of rotatable bonds is 8. The van der Waals surface area contributed by atoms with E-state index in [0.717, 1.165) is 30.4 Å².